The predicted octanol–water partition coefficient (Wildman–Crippen LogP) is 2.09. The summed E-state index contributed by atoms with van der Waals surface area (Å²) in [6.07, 6.45) is 3.06. The zero-order valence-corrected chi connectivity index (χ0v) is 13.2. The molecule has 1 aliphatic heterocycles. The van der Waals surface area contributed by atoms with E-state index >= 15 is 0 Å². The first kappa shape index (κ1) is 15.4. The molecule has 2 rings (SSSR count). The van der Waals surface area contributed by atoms with Gasteiger partial charge in [-0.05, 0) is 47.8 Å². The molecule has 1 aromatic carbocycles. The molecule has 0 aromatic heterocycles. The number of hydrogen-bond acceptors (Lipinski definition) is 2. The zero-order chi connectivity index (χ0) is 14.5. The van der Waals surface area contributed by atoms with Crippen LogP contribution in [-0.2, 0) is 16.1 Å². The van der Waals surface area contributed by atoms with E-state index < -0.39 is 0 Å². The summed E-state index contributed by atoms with van der Waals surface area (Å²) in [5.41, 5.74) is 1.03. The van der Waals surface area contributed by atoms with Crippen LogP contribution in [0, 0.1) is 5.82 Å². The van der Waals surface area contributed by atoms with E-state index in [4.69, 9.17) is 4.74 Å². The number of likely N-dealkylation sites (tertiary alicyclic amines) is 1. The highest BCUT2D eigenvalue weighted by molar-refractivity contribution is 9.10. The molecule has 3 nitrogen and oxygen atoms in total. The quantitative estimate of drug-likeness (QED) is 0.848. The highest BCUT2D eigenvalue weighted by Gasteiger charge is 2.33. The first-order chi connectivity index (χ1) is 9.61. The van der Waals surface area contributed by atoms with Gasteiger partial charge < -0.3 is 9.64 Å². The van der Waals surface area contributed by atoms with E-state index in [0.29, 0.717) is 11.1 Å². The van der Waals surface area contributed by atoms with Gasteiger partial charge in [0.1, 0.15) is 12.4 Å². The van der Waals surface area contributed by atoms with Gasteiger partial charge in [0.15, 0.2) is 6.04 Å². The summed E-state index contributed by atoms with van der Waals surface area (Å²) in [7, 11) is 0. The molecule has 0 amide bonds. The smallest absolute Gasteiger partial charge is 0.364 e. The maximum Gasteiger partial charge on any atom is 0.364 e. The molecular weight excluding hydrogens is 325 g/mol. The van der Waals surface area contributed by atoms with Crippen molar-refractivity contribution in [3.05, 3.63) is 34.1 Å². The number of carbonyl (C=O) groups is 1. The molecule has 1 saturated heterocycles. The van der Waals surface area contributed by atoms with Crippen molar-refractivity contribution in [3.63, 3.8) is 0 Å². The molecule has 1 aromatic rings. The fraction of sp³-hybridized carbons (Fsp3) is 0.533. The van der Waals surface area contributed by atoms with Gasteiger partial charge in [-0.25, -0.2) is 9.18 Å². The van der Waals surface area contributed by atoms with Crippen molar-refractivity contribution in [2.45, 2.75) is 38.8 Å². The summed E-state index contributed by atoms with van der Waals surface area (Å²) in [5, 5.41) is 0. The Hall–Kier alpha value is -0.940. The fourth-order valence-corrected chi connectivity index (χ4v) is 3.16. The summed E-state index contributed by atoms with van der Waals surface area (Å²) in [6.45, 7) is 3.93. The molecule has 0 aliphatic carbocycles. The van der Waals surface area contributed by atoms with Gasteiger partial charge in [0.05, 0.1) is 17.6 Å². The summed E-state index contributed by atoms with van der Waals surface area (Å²) in [6, 6.07) is 4.94. The van der Waals surface area contributed by atoms with Crippen molar-refractivity contribution in [1.82, 2.24) is 0 Å². The largest absolute Gasteiger partial charge is 0.462 e. The number of hydrogen-bond donors (Lipinski definition) is 1. The Morgan fingerprint density at radius 2 is 2.30 bits per heavy atom. The van der Waals surface area contributed by atoms with Crippen LogP contribution in [-0.4, -0.2) is 25.2 Å². The molecule has 1 fully saturated rings. The number of ether oxygens (including phenoxy) is 1. The third kappa shape index (κ3) is 3.79. The first-order valence-electron chi connectivity index (χ1n) is 7.07. The number of benzene rings is 1. The molecule has 1 unspecified atom stereocenters. The van der Waals surface area contributed by atoms with Crippen molar-refractivity contribution in [3.8, 4) is 0 Å². The molecule has 1 aliphatic rings. The number of carbonyl (C=O) groups excluding carboxylic acids is 1. The molecule has 110 valence electrons. The van der Waals surface area contributed by atoms with E-state index in [1.54, 1.807) is 12.1 Å². The van der Waals surface area contributed by atoms with Crippen molar-refractivity contribution in [1.29, 1.82) is 0 Å². The predicted molar refractivity (Wildman–Crippen MR) is 77.9 cm³/mol. The van der Waals surface area contributed by atoms with E-state index in [-0.39, 0.29) is 17.8 Å². The Morgan fingerprint density at radius 3 is 3.00 bits per heavy atom. The van der Waals surface area contributed by atoms with Gasteiger partial charge in [-0.2, -0.15) is 0 Å². The average Bonchev–Trinajstić information content (AvgIpc) is 2.44. The number of halogens is 2. The van der Waals surface area contributed by atoms with Gasteiger partial charge in [-0.1, -0.05) is 6.07 Å². The van der Waals surface area contributed by atoms with E-state index in [2.05, 4.69) is 15.9 Å². The van der Waals surface area contributed by atoms with Crippen molar-refractivity contribution in [2.24, 2.45) is 0 Å². The molecule has 20 heavy (non-hydrogen) atoms. The molecule has 5 heteroatoms. The van der Waals surface area contributed by atoms with E-state index in [1.807, 2.05) is 6.92 Å². The lowest BCUT2D eigenvalue weighted by Crippen LogP contribution is -3.16. The van der Waals surface area contributed by atoms with E-state index in [1.165, 1.54) is 11.0 Å². The van der Waals surface area contributed by atoms with Crippen molar-refractivity contribution >= 4 is 21.9 Å². The molecular formula is C15H20BrFNO2+. The van der Waals surface area contributed by atoms with Crippen LogP contribution >= 0.6 is 15.9 Å². The molecule has 0 bridgehead atoms. The lowest BCUT2D eigenvalue weighted by Gasteiger charge is -2.31. The van der Waals surface area contributed by atoms with E-state index in [9.17, 15) is 9.18 Å². The third-order valence-corrected chi connectivity index (χ3v) is 4.33. The van der Waals surface area contributed by atoms with Crippen molar-refractivity contribution < 1.29 is 18.8 Å². The van der Waals surface area contributed by atoms with Gasteiger partial charge in [-0.3, -0.25) is 0 Å². The van der Waals surface area contributed by atoms with Crippen LogP contribution in [0.1, 0.15) is 31.7 Å². The zero-order valence-electron chi connectivity index (χ0n) is 11.6. The number of rotatable bonds is 4. The van der Waals surface area contributed by atoms with Gasteiger partial charge in [0, 0.05) is 12.0 Å². The van der Waals surface area contributed by atoms with Gasteiger partial charge in [0.2, 0.25) is 0 Å². The second-order valence-corrected chi connectivity index (χ2v) is 5.99. The SMILES string of the molecule is CCOC(=O)[C@@H]1CCCC[NH+]1Cc1ccc(F)c(Br)c1. The second-order valence-electron chi connectivity index (χ2n) is 5.13. The minimum absolute atomic E-state index is 0.0903. The molecule has 0 saturated carbocycles. The summed E-state index contributed by atoms with van der Waals surface area (Å²) < 4.78 is 18.9. The van der Waals surface area contributed by atoms with E-state index in [0.717, 1.165) is 37.9 Å². The van der Waals surface area contributed by atoms with Crippen LogP contribution in [0.3, 0.4) is 0 Å². The molecule has 1 N–H and O–H groups in total. The van der Waals surface area contributed by atoms with Crippen LogP contribution < -0.4 is 4.90 Å². The normalized spacial score (nSPS) is 22.6. The highest BCUT2D eigenvalue weighted by Crippen LogP contribution is 2.16. The number of nitrogens with one attached hydrogen (secondary N) is 1. The Morgan fingerprint density at radius 1 is 1.50 bits per heavy atom. The first-order valence-corrected chi connectivity index (χ1v) is 7.86. The second kappa shape index (κ2) is 7.18. The number of piperidine rings is 1. The number of quaternary nitrogens is 1. The van der Waals surface area contributed by atoms with Crippen LogP contribution in [0.25, 0.3) is 0 Å². The van der Waals surface area contributed by atoms with Gasteiger partial charge >= 0.3 is 5.97 Å². The fourth-order valence-electron chi connectivity index (χ4n) is 2.73. The average molecular weight is 345 g/mol. The van der Waals surface area contributed by atoms with Gasteiger partial charge in [-0.15, -0.1) is 0 Å². The van der Waals surface area contributed by atoms with Crippen molar-refractivity contribution in [2.75, 3.05) is 13.2 Å². The molecule has 0 radical (unpaired) electrons. The van der Waals surface area contributed by atoms with Gasteiger partial charge in [0.25, 0.3) is 0 Å². The minimum Gasteiger partial charge on any atom is -0.462 e. The Bertz CT molecular complexity index is 481. The van der Waals surface area contributed by atoms with Crippen LogP contribution in [0.15, 0.2) is 22.7 Å². The third-order valence-electron chi connectivity index (χ3n) is 3.72. The standard InChI is InChI=1S/C15H19BrFNO2/c1-2-20-15(19)14-5-3-4-8-18(14)10-11-6-7-13(17)12(16)9-11/h6-7,9,14H,2-5,8,10H2,1H3/p+1/t14-/m0/s1. The minimum atomic E-state index is -0.260. The summed E-state index contributed by atoms with van der Waals surface area (Å²) >= 11 is 3.20. The summed E-state index contributed by atoms with van der Waals surface area (Å²) in [5.74, 6) is -0.368. The summed E-state index contributed by atoms with van der Waals surface area (Å²) in [4.78, 5) is 13.2. The maximum atomic E-state index is 13.3. The monoisotopic (exact) mass is 344 g/mol. The Labute approximate surface area is 127 Å². The lowest BCUT2D eigenvalue weighted by atomic mass is 10.0. The highest BCUT2D eigenvalue weighted by atomic mass is 79.9. The van der Waals surface area contributed by atoms with Crippen LogP contribution in [0.5, 0.6) is 0 Å². The van der Waals surface area contributed by atoms with Crippen LogP contribution in [0.2, 0.25) is 0 Å². The molecule has 2 atom stereocenters. The number of esters is 1. The Balaban J connectivity index is 2.08. The topological polar surface area (TPSA) is 30.7 Å². The molecule has 0 spiro atoms. The maximum absolute atomic E-state index is 13.3. The lowest BCUT2D eigenvalue weighted by molar-refractivity contribution is -0.935. The molecule has 1 heterocycles. The van der Waals surface area contributed by atoms with Crippen LogP contribution in [0.4, 0.5) is 4.39 Å². The Kier molecular flexibility index (Phi) is 5.54.